The van der Waals surface area contributed by atoms with E-state index in [1.54, 1.807) is 0 Å². The van der Waals surface area contributed by atoms with E-state index in [4.69, 9.17) is 4.74 Å². The summed E-state index contributed by atoms with van der Waals surface area (Å²) < 4.78 is 6.80. The minimum absolute atomic E-state index is 0.00549. The fourth-order valence-electron chi connectivity index (χ4n) is 2.94. The first-order valence-corrected chi connectivity index (χ1v) is 10.1. The number of allylic oxidation sites excluding steroid dienone is 2. The van der Waals surface area contributed by atoms with Gasteiger partial charge in [-0.2, -0.15) is 0 Å². The second-order valence-corrected chi connectivity index (χ2v) is 8.59. The van der Waals surface area contributed by atoms with Crippen molar-refractivity contribution in [3.63, 3.8) is 0 Å². The van der Waals surface area contributed by atoms with E-state index < -0.39 is 0 Å². The van der Waals surface area contributed by atoms with Crippen molar-refractivity contribution >= 4 is 27.5 Å². The van der Waals surface area contributed by atoms with Crippen LogP contribution < -0.4 is 4.74 Å². The zero-order valence-corrected chi connectivity index (χ0v) is 17.5. The minimum atomic E-state index is -0.0215. The molecule has 0 N–H and O–H groups in total. The summed E-state index contributed by atoms with van der Waals surface area (Å²) in [7, 11) is 0. The molecule has 2 rings (SSSR count). The molecule has 0 saturated carbocycles. The molecule has 1 heterocycles. The van der Waals surface area contributed by atoms with Crippen molar-refractivity contribution in [2.45, 2.75) is 54.0 Å². The minimum Gasteiger partial charge on any atom is -0.460 e. The highest BCUT2D eigenvalue weighted by molar-refractivity contribution is 7.20. The summed E-state index contributed by atoms with van der Waals surface area (Å²) >= 11 is 1.47. The van der Waals surface area contributed by atoms with Crippen LogP contribution in [0.25, 0.3) is 10.2 Å². The number of thiazole rings is 1. The molecule has 0 atom stereocenters. The molecule has 0 fully saturated rings. The Kier molecular flexibility index (Phi) is 7.21. The van der Waals surface area contributed by atoms with Gasteiger partial charge in [0, 0.05) is 11.7 Å². The maximum absolute atomic E-state index is 12.9. The molecule has 0 aliphatic carbocycles. The third-order valence-electron chi connectivity index (χ3n) is 3.83. The van der Waals surface area contributed by atoms with Gasteiger partial charge in [-0.3, -0.25) is 4.79 Å². The first kappa shape index (κ1) is 20.4. The topological polar surface area (TPSA) is 42.4 Å². The van der Waals surface area contributed by atoms with Crippen LogP contribution in [0.4, 0.5) is 0 Å². The van der Waals surface area contributed by atoms with Crippen LogP contribution in [0.2, 0.25) is 0 Å². The SMILES string of the molecule is CC(C)/C=C(/CC(C)C)N(C(=O)COc1nc2ccccc2s1)C(C)C. The maximum Gasteiger partial charge on any atom is 0.274 e. The molecule has 1 aromatic carbocycles. The smallest absolute Gasteiger partial charge is 0.274 e. The molecule has 4 nitrogen and oxygen atoms in total. The number of benzene rings is 1. The molecular formula is C21H30N2O2S. The molecule has 0 aliphatic rings. The van der Waals surface area contributed by atoms with E-state index in [1.165, 1.54) is 11.3 Å². The highest BCUT2D eigenvalue weighted by atomic mass is 32.1. The molecule has 0 spiro atoms. The van der Waals surface area contributed by atoms with Gasteiger partial charge in [-0.15, -0.1) is 0 Å². The van der Waals surface area contributed by atoms with E-state index in [0.717, 1.165) is 22.3 Å². The van der Waals surface area contributed by atoms with Crippen LogP contribution in [-0.4, -0.2) is 28.4 Å². The Morgan fingerprint density at radius 1 is 1.19 bits per heavy atom. The molecule has 2 aromatic rings. The number of hydrogen-bond acceptors (Lipinski definition) is 4. The highest BCUT2D eigenvalue weighted by Crippen LogP contribution is 2.27. The van der Waals surface area contributed by atoms with Gasteiger partial charge in [0.25, 0.3) is 11.1 Å². The molecular weight excluding hydrogens is 344 g/mol. The quantitative estimate of drug-likeness (QED) is 0.613. The zero-order valence-electron chi connectivity index (χ0n) is 16.7. The van der Waals surface area contributed by atoms with Crippen LogP contribution in [0.15, 0.2) is 36.0 Å². The van der Waals surface area contributed by atoms with Gasteiger partial charge in [-0.05, 0) is 44.2 Å². The molecule has 0 radical (unpaired) electrons. The normalized spacial score (nSPS) is 12.4. The Labute approximate surface area is 160 Å². The predicted octanol–water partition coefficient (Wildman–Crippen LogP) is 5.50. The third kappa shape index (κ3) is 5.56. The summed E-state index contributed by atoms with van der Waals surface area (Å²) in [5.41, 5.74) is 1.99. The third-order valence-corrected chi connectivity index (χ3v) is 4.78. The van der Waals surface area contributed by atoms with Crippen LogP contribution in [0, 0.1) is 11.8 Å². The number of hydrogen-bond donors (Lipinski definition) is 0. The van der Waals surface area contributed by atoms with Gasteiger partial charge in [-0.25, -0.2) is 4.98 Å². The molecule has 26 heavy (non-hydrogen) atoms. The highest BCUT2D eigenvalue weighted by Gasteiger charge is 2.23. The lowest BCUT2D eigenvalue weighted by molar-refractivity contribution is -0.133. The summed E-state index contributed by atoms with van der Waals surface area (Å²) in [6.07, 6.45) is 3.07. The van der Waals surface area contributed by atoms with E-state index in [1.807, 2.05) is 43.0 Å². The Morgan fingerprint density at radius 2 is 1.88 bits per heavy atom. The average molecular weight is 375 g/mol. The van der Waals surface area contributed by atoms with Gasteiger partial charge in [0.05, 0.1) is 10.2 Å². The number of fused-ring (bicyclic) bond motifs is 1. The van der Waals surface area contributed by atoms with E-state index in [-0.39, 0.29) is 18.6 Å². The van der Waals surface area contributed by atoms with Crippen LogP contribution >= 0.6 is 11.3 Å². The van der Waals surface area contributed by atoms with E-state index in [0.29, 0.717) is 17.0 Å². The maximum atomic E-state index is 12.9. The van der Waals surface area contributed by atoms with Crippen molar-refractivity contribution in [1.29, 1.82) is 0 Å². The van der Waals surface area contributed by atoms with Crippen LogP contribution in [-0.2, 0) is 4.79 Å². The van der Waals surface area contributed by atoms with Crippen LogP contribution in [0.5, 0.6) is 5.19 Å². The first-order chi connectivity index (χ1) is 12.3. The Hall–Kier alpha value is -1.88. The molecule has 1 amide bonds. The van der Waals surface area contributed by atoms with Gasteiger partial charge in [0.2, 0.25) is 0 Å². The molecule has 1 aromatic heterocycles. The number of nitrogens with zero attached hydrogens (tertiary/aromatic N) is 2. The van der Waals surface area contributed by atoms with Gasteiger partial charge in [0.15, 0.2) is 6.61 Å². The fourth-order valence-corrected chi connectivity index (χ4v) is 3.75. The lowest BCUT2D eigenvalue weighted by atomic mass is 10.0. The van der Waals surface area contributed by atoms with Crippen LogP contribution in [0.1, 0.15) is 48.0 Å². The van der Waals surface area contributed by atoms with E-state index in [9.17, 15) is 4.79 Å². The zero-order chi connectivity index (χ0) is 19.3. The number of rotatable bonds is 8. The second kappa shape index (κ2) is 9.17. The average Bonchev–Trinajstić information content (AvgIpc) is 2.94. The summed E-state index contributed by atoms with van der Waals surface area (Å²) in [5.74, 6) is 0.856. The number of aromatic nitrogens is 1. The Bertz CT molecular complexity index is 729. The monoisotopic (exact) mass is 374 g/mol. The van der Waals surface area contributed by atoms with E-state index in [2.05, 4.69) is 38.8 Å². The van der Waals surface area contributed by atoms with Gasteiger partial charge >= 0.3 is 0 Å². The fraction of sp³-hybridized carbons (Fsp3) is 0.524. The largest absolute Gasteiger partial charge is 0.460 e. The molecule has 142 valence electrons. The van der Waals surface area contributed by atoms with Crippen molar-refractivity contribution in [1.82, 2.24) is 9.88 Å². The number of ether oxygens (including phenoxy) is 1. The lowest BCUT2D eigenvalue weighted by Crippen LogP contribution is -2.39. The summed E-state index contributed by atoms with van der Waals surface area (Å²) in [5, 5.41) is 0.543. The molecule has 5 heteroatoms. The number of para-hydroxylation sites is 1. The standard InChI is InChI=1S/C21H30N2O2S/c1-14(2)11-17(12-15(3)4)23(16(5)6)20(24)13-25-21-22-18-9-7-8-10-19(18)26-21/h7-11,14-16H,12-13H2,1-6H3/b17-11-. The van der Waals surface area contributed by atoms with Crippen molar-refractivity contribution in [3.05, 3.63) is 36.0 Å². The summed E-state index contributed by atoms with van der Waals surface area (Å²) in [4.78, 5) is 19.2. The van der Waals surface area contributed by atoms with Crippen LogP contribution in [0.3, 0.4) is 0 Å². The number of carbonyl (C=O) groups excluding carboxylic acids is 1. The Morgan fingerprint density at radius 3 is 2.46 bits per heavy atom. The molecule has 0 aliphatic heterocycles. The van der Waals surface area contributed by atoms with Crippen molar-refractivity contribution in [2.75, 3.05) is 6.61 Å². The molecule has 0 saturated heterocycles. The van der Waals surface area contributed by atoms with Crippen molar-refractivity contribution in [3.8, 4) is 5.19 Å². The number of amides is 1. The summed E-state index contributed by atoms with van der Waals surface area (Å²) in [6, 6.07) is 7.98. The molecule has 0 bridgehead atoms. The predicted molar refractivity (Wildman–Crippen MR) is 109 cm³/mol. The number of carbonyl (C=O) groups is 1. The molecule has 0 unspecified atom stereocenters. The van der Waals surface area contributed by atoms with Crippen molar-refractivity contribution < 1.29 is 9.53 Å². The van der Waals surface area contributed by atoms with Crippen molar-refractivity contribution in [2.24, 2.45) is 11.8 Å². The Balaban J connectivity index is 2.13. The first-order valence-electron chi connectivity index (χ1n) is 9.29. The van der Waals surface area contributed by atoms with Gasteiger partial charge in [0.1, 0.15) is 0 Å². The van der Waals surface area contributed by atoms with E-state index >= 15 is 0 Å². The van der Waals surface area contributed by atoms with Gasteiger partial charge < -0.3 is 9.64 Å². The summed E-state index contributed by atoms with van der Waals surface area (Å²) in [6.45, 7) is 12.7. The lowest BCUT2D eigenvalue weighted by Gasteiger charge is -2.31. The van der Waals surface area contributed by atoms with Gasteiger partial charge in [-0.1, -0.05) is 57.2 Å². The second-order valence-electron chi connectivity index (χ2n) is 7.59.